The maximum atomic E-state index is 14.3. The molecule has 5 aliphatic heterocycles. The number of fused-ring (bicyclic) bond motifs is 11. The van der Waals surface area contributed by atoms with Crippen LogP contribution in [0.2, 0.25) is 0 Å². The highest BCUT2D eigenvalue weighted by molar-refractivity contribution is 9.10. The van der Waals surface area contributed by atoms with Crippen LogP contribution < -0.4 is 10.2 Å². The molecule has 7 atom stereocenters. The molecule has 0 amide bonds. The molecule has 2 aromatic carbocycles. The fourth-order valence-electron chi connectivity index (χ4n) is 11.4. The van der Waals surface area contributed by atoms with Crippen molar-refractivity contribution in [3.8, 4) is 0 Å². The first kappa shape index (κ1) is 56.8. The van der Waals surface area contributed by atoms with Gasteiger partial charge in [-0.1, -0.05) is 140 Å². The fourth-order valence-corrected chi connectivity index (χ4v) is 11.9. The SMILES string of the molecule is C[C@H]1CCCCCCC[C@@H]2C[N+]3(CC(=O)c4ccc(Br)cc4)CCCCCCCCCC[C@H]4C[C@H](C[N+](CC(=O)c5ccc(Br)cc5)(CC1)C4)[C@H]2CC3.O=C([O-])C(F)(F)F.O=C([O-])C(F)(F)F. The first-order valence-electron chi connectivity index (χ1n) is 24.4. The summed E-state index contributed by atoms with van der Waals surface area (Å²) >= 11 is 7.18. The van der Waals surface area contributed by atoms with Crippen LogP contribution in [0.4, 0.5) is 26.3 Å². The second-order valence-electron chi connectivity index (χ2n) is 20.1. The lowest BCUT2D eigenvalue weighted by atomic mass is 9.68. The number of hydrogen-bond donors (Lipinski definition) is 0. The Morgan fingerprint density at radius 1 is 0.522 bits per heavy atom. The van der Waals surface area contributed by atoms with E-state index in [1.165, 1.54) is 142 Å². The van der Waals surface area contributed by atoms with E-state index in [4.69, 9.17) is 19.8 Å². The van der Waals surface area contributed by atoms with Crippen LogP contribution >= 0.6 is 31.9 Å². The molecule has 0 N–H and O–H groups in total. The average Bonchev–Trinajstić information content (AvgIpc) is 3.25. The third-order valence-corrected chi connectivity index (χ3v) is 15.8. The molecule has 16 heteroatoms. The second kappa shape index (κ2) is 27.0. The lowest BCUT2D eigenvalue weighted by Gasteiger charge is -2.53. The number of carbonyl (C=O) groups excluding carboxylic acids is 4. The van der Waals surface area contributed by atoms with Crippen molar-refractivity contribution >= 4 is 55.4 Å². The molecule has 6 bridgehead atoms. The summed E-state index contributed by atoms with van der Waals surface area (Å²) in [5, 5.41) is 17.6. The van der Waals surface area contributed by atoms with Crippen LogP contribution in [0.15, 0.2) is 57.5 Å². The topological polar surface area (TPSA) is 114 Å². The number of carbonyl (C=O) groups is 4. The molecule has 5 aliphatic rings. The van der Waals surface area contributed by atoms with Gasteiger partial charge in [-0.2, -0.15) is 26.3 Å². The number of Topliss-reactive ketones (excluding diaryl/α,β-unsaturated/α-hetero) is 2. The van der Waals surface area contributed by atoms with Gasteiger partial charge in [-0.25, -0.2) is 0 Å². The predicted molar refractivity (Wildman–Crippen MR) is 249 cm³/mol. The van der Waals surface area contributed by atoms with Crippen molar-refractivity contribution in [2.24, 2.45) is 29.6 Å². The monoisotopic (exact) mass is 1080 g/mol. The lowest BCUT2D eigenvalue weighted by Crippen LogP contribution is -2.63. The number of aliphatic carboxylic acids is 2. The fraction of sp³-hybridized carbons (Fsp3) is 0.686. The Labute approximate surface area is 410 Å². The number of carboxylic acids is 2. The summed E-state index contributed by atoms with van der Waals surface area (Å²) in [6.45, 7) is 10.8. The van der Waals surface area contributed by atoms with Crippen LogP contribution in [0.5, 0.6) is 0 Å². The molecule has 8 nitrogen and oxygen atoms in total. The van der Waals surface area contributed by atoms with Gasteiger partial charge in [0, 0.05) is 44.2 Å². The Hall–Kier alpha value is -2.82. The quantitative estimate of drug-likeness (QED) is 0.162. The maximum absolute atomic E-state index is 14.3. The Balaban J connectivity index is 0.000000608. The van der Waals surface area contributed by atoms with Gasteiger partial charge in [0.15, 0.2) is 0 Å². The highest BCUT2D eigenvalue weighted by atomic mass is 79.9. The molecule has 0 saturated carbocycles. The Bertz CT molecular complexity index is 1840. The third kappa shape index (κ3) is 19.5. The van der Waals surface area contributed by atoms with E-state index in [9.17, 15) is 35.9 Å². The molecule has 0 aliphatic carbocycles. The molecule has 5 fully saturated rings. The van der Waals surface area contributed by atoms with Crippen LogP contribution in [-0.2, 0) is 9.59 Å². The molecule has 2 unspecified atom stereocenters. The van der Waals surface area contributed by atoms with Crippen LogP contribution in [0.3, 0.4) is 0 Å². The number of nitrogens with zero attached hydrogens (tertiary/aromatic N) is 2. The minimum absolute atomic E-state index is 0.327. The lowest BCUT2D eigenvalue weighted by molar-refractivity contribution is -0.937. The number of benzene rings is 2. The van der Waals surface area contributed by atoms with Crippen molar-refractivity contribution in [1.82, 2.24) is 0 Å². The zero-order valence-corrected chi connectivity index (χ0v) is 42.1. The molecular formula is C51H70Br2F6N2O6. The molecule has 5 heterocycles. The van der Waals surface area contributed by atoms with Gasteiger partial charge in [0.05, 0.1) is 39.3 Å². The van der Waals surface area contributed by atoms with Gasteiger partial charge in [-0.3, -0.25) is 9.59 Å². The Morgan fingerprint density at radius 2 is 0.925 bits per heavy atom. The van der Waals surface area contributed by atoms with Crippen LogP contribution in [0.25, 0.3) is 0 Å². The second-order valence-corrected chi connectivity index (χ2v) is 21.9. The van der Waals surface area contributed by atoms with E-state index in [-0.39, 0.29) is 0 Å². The van der Waals surface area contributed by atoms with Gasteiger partial charge in [-0.15, -0.1) is 0 Å². The van der Waals surface area contributed by atoms with E-state index in [0.717, 1.165) is 54.6 Å². The van der Waals surface area contributed by atoms with E-state index in [2.05, 4.69) is 38.8 Å². The molecule has 0 radical (unpaired) electrons. The number of rotatable bonds is 6. The summed E-state index contributed by atoms with van der Waals surface area (Å²) < 4.78 is 67.2. The largest absolute Gasteiger partial charge is 0.542 e. The van der Waals surface area contributed by atoms with Gasteiger partial charge >= 0.3 is 12.4 Å². The van der Waals surface area contributed by atoms with Gasteiger partial charge in [0.25, 0.3) is 0 Å². The average molecular weight is 1080 g/mol. The Morgan fingerprint density at radius 3 is 1.42 bits per heavy atom. The highest BCUT2D eigenvalue weighted by Crippen LogP contribution is 2.45. The standard InChI is InChI=1S/C47H70Br2N2O2.2C2HF3O2/c1-37-15-11-7-6-9-13-17-41-33-50(35-46(52)39-18-22-43(48)23-19-39)28-14-10-5-3-2-4-8-12-16-38-31-42(45(41)27-30-50)34-51(32-38,29-26-37)36-47(53)40-20-24-44(49)25-21-40;2*3-2(4,5)1(6)7/h18-25,37-38,41-42,45H,2-17,26-36H2,1H3;2*(H,6,7)/q+2;;/p-2/t37-,38-,41+,42+,45-,50?,51?;;/m0../s1. The zero-order valence-electron chi connectivity index (χ0n) is 39.0. The number of ketones is 2. The third-order valence-electron chi connectivity index (χ3n) is 14.8. The number of halogens is 8. The van der Waals surface area contributed by atoms with Gasteiger partial charge < -0.3 is 28.8 Å². The molecule has 376 valence electrons. The summed E-state index contributed by atoms with van der Waals surface area (Å²) in [4.78, 5) is 45.9. The number of piperidine rings is 2. The first-order valence-corrected chi connectivity index (χ1v) is 26.0. The highest BCUT2D eigenvalue weighted by Gasteiger charge is 2.49. The number of quaternary nitrogens is 2. The summed E-state index contributed by atoms with van der Waals surface area (Å²) in [5.41, 5.74) is 1.75. The summed E-state index contributed by atoms with van der Waals surface area (Å²) in [6.07, 6.45) is 14.8. The minimum atomic E-state index is -5.19. The minimum Gasteiger partial charge on any atom is -0.542 e. The normalized spacial score (nSPS) is 28.2. The van der Waals surface area contributed by atoms with Crippen LogP contribution in [-0.4, -0.2) is 97.2 Å². The predicted octanol–water partition coefficient (Wildman–Crippen LogP) is 11.1. The van der Waals surface area contributed by atoms with E-state index in [1.807, 2.05) is 48.5 Å². The van der Waals surface area contributed by atoms with Gasteiger partial charge in [0.1, 0.15) is 25.0 Å². The van der Waals surface area contributed by atoms with E-state index >= 15 is 0 Å². The molecule has 67 heavy (non-hydrogen) atoms. The van der Waals surface area contributed by atoms with Gasteiger partial charge in [-0.05, 0) is 74.6 Å². The molecule has 0 spiro atoms. The molecular weight excluding hydrogens is 1010 g/mol. The van der Waals surface area contributed by atoms with Crippen molar-refractivity contribution < 1.29 is 64.7 Å². The summed E-state index contributed by atoms with van der Waals surface area (Å²) in [7, 11) is 0. The van der Waals surface area contributed by atoms with E-state index < -0.39 is 24.3 Å². The molecule has 0 aromatic heterocycles. The van der Waals surface area contributed by atoms with Crippen molar-refractivity contribution in [2.45, 2.75) is 141 Å². The zero-order chi connectivity index (χ0) is 49.3. The van der Waals surface area contributed by atoms with E-state index in [1.54, 1.807) is 0 Å². The molecule has 7 rings (SSSR count). The van der Waals surface area contributed by atoms with Crippen molar-refractivity contribution in [3.05, 3.63) is 68.6 Å². The maximum Gasteiger partial charge on any atom is 0.430 e. The van der Waals surface area contributed by atoms with Crippen LogP contribution in [0, 0.1) is 29.6 Å². The van der Waals surface area contributed by atoms with Crippen molar-refractivity contribution in [1.29, 1.82) is 0 Å². The molecule has 2 aromatic rings. The Kier molecular flexibility index (Phi) is 22.8. The number of alkyl halides is 6. The number of hydrogen-bond acceptors (Lipinski definition) is 6. The van der Waals surface area contributed by atoms with Gasteiger partial charge in [0.2, 0.25) is 11.6 Å². The van der Waals surface area contributed by atoms with Crippen LogP contribution in [0.1, 0.15) is 150 Å². The van der Waals surface area contributed by atoms with E-state index in [0.29, 0.717) is 48.3 Å². The van der Waals surface area contributed by atoms with Crippen molar-refractivity contribution in [3.63, 3.8) is 0 Å². The first-order chi connectivity index (χ1) is 31.6. The molecule has 5 saturated heterocycles. The summed E-state index contributed by atoms with van der Waals surface area (Å²) in [6, 6.07) is 16.3. The van der Waals surface area contributed by atoms with Crippen molar-refractivity contribution in [2.75, 3.05) is 52.4 Å². The number of carboxylic acid groups (broad SMARTS) is 2. The smallest absolute Gasteiger partial charge is 0.430 e. The summed E-state index contributed by atoms with van der Waals surface area (Å²) in [5.74, 6) is -1.91.